The van der Waals surface area contributed by atoms with Gasteiger partial charge in [-0.15, -0.1) is 0 Å². The smallest absolute Gasteiger partial charge is 0.249 e. The molecule has 0 saturated heterocycles. The number of halogens is 1. The van der Waals surface area contributed by atoms with E-state index in [0.717, 1.165) is 24.8 Å². The fraction of sp³-hybridized carbons (Fsp3) is 0.541. The number of nitrogens with zero attached hydrogens (tertiary/aromatic N) is 1. The molecule has 1 fully saturated rings. The van der Waals surface area contributed by atoms with Gasteiger partial charge in [-0.25, -0.2) is 0 Å². The highest BCUT2D eigenvalue weighted by molar-refractivity contribution is 14.1. The number of hydrogen-bond donors (Lipinski definition) is 3. The van der Waals surface area contributed by atoms with Crippen LogP contribution in [0, 0.1) is 21.3 Å². The molecule has 0 aromatic heterocycles. The third-order valence-electron chi connectivity index (χ3n) is 9.75. The minimum absolute atomic E-state index is 0.0158. The SMILES string of the molecule is COc1cc(C=O)cc(I)c1O[C@H]1C=C(C(=O)NCCO)C[C@@H](N(Cc2ccc3c(c2)OCO3)C(=O)CO[C@H]2C[C@@H](C)CC[C@@H]2C(C)C)[C@@H]1O. The zero-order valence-corrected chi connectivity index (χ0v) is 31.1. The van der Waals surface area contributed by atoms with Gasteiger partial charge in [-0.3, -0.25) is 14.4 Å². The molecular weight excluding hydrogens is 759 g/mol. The second-order valence-electron chi connectivity index (χ2n) is 13.6. The highest BCUT2D eigenvalue weighted by Crippen LogP contribution is 2.39. The van der Waals surface area contributed by atoms with Crippen molar-refractivity contribution in [3.63, 3.8) is 0 Å². The number of amides is 2. The Kier molecular flexibility index (Phi) is 13.0. The lowest BCUT2D eigenvalue weighted by atomic mass is 9.75. The number of fused-ring (bicyclic) bond motifs is 1. The molecule has 0 spiro atoms. The Labute approximate surface area is 306 Å². The molecule has 3 N–H and O–H groups in total. The Hall–Kier alpha value is -3.40. The summed E-state index contributed by atoms with van der Waals surface area (Å²) in [6, 6.07) is 7.66. The molecule has 12 nitrogen and oxygen atoms in total. The van der Waals surface area contributed by atoms with Crippen LogP contribution >= 0.6 is 22.6 Å². The first-order valence-electron chi connectivity index (χ1n) is 17.1. The van der Waals surface area contributed by atoms with Crippen molar-refractivity contribution in [2.75, 3.05) is 33.7 Å². The summed E-state index contributed by atoms with van der Waals surface area (Å²) in [6.45, 7) is 6.32. The fourth-order valence-electron chi connectivity index (χ4n) is 7.03. The first kappa shape index (κ1) is 37.8. The summed E-state index contributed by atoms with van der Waals surface area (Å²) in [5.74, 6) is 2.12. The van der Waals surface area contributed by atoms with Gasteiger partial charge in [0.1, 0.15) is 25.1 Å². The molecule has 13 heteroatoms. The predicted molar refractivity (Wildman–Crippen MR) is 192 cm³/mol. The second-order valence-corrected chi connectivity index (χ2v) is 14.7. The lowest BCUT2D eigenvalue weighted by molar-refractivity contribution is -0.149. The van der Waals surface area contributed by atoms with E-state index in [2.05, 4.69) is 26.1 Å². The number of benzene rings is 2. The number of aliphatic hydroxyl groups is 2. The molecule has 2 amide bonds. The van der Waals surface area contributed by atoms with Gasteiger partial charge in [0.15, 0.2) is 23.0 Å². The minimum Gasteiger partial charge on any atom is -0.493 e. The van der Waals surface area contributed by atoms with Crippen LogP contribution in [0.1, 0.15) is 62.4 Å². The summed E-state index contributed by atoms with van der Waals surface area (Å²) in [5.41, 5.74) is 1.40. The zero-order chi connectivity index (χ0) is 35.9. The van der Waals surface area contributed by atoms with Crippen molar-refractivity contribution < 1.29 is 48.3 Å². The summed E-state index contributed by atoms with van der Waals surface area (Å²) in [5, 5.41) is 24.1. The summed E-state index contributed by atoms with van der Waals surface area (Å²) < 4.78 is 30.0. The summed E-state index contributed by atoms with van der Waals surface area (Å²) in [4.78, 5) is 40.8. The topological polar surface area (TPSA) is 153 Å². The Morgan fingerprint density at radius 1 is 1.16 bits per heavy atom. The maximum atomic E-state index is 14.4. The highest BCUT2D eigenvalue weighted by Gasteiger charge is 2.42. The van der Waals surface area contributed by atoms with Gasteiger partial charge in [0.25, 0.3) is 0 Å². The number of aldehydes is 1. The molecule has 50 heavy (non-hydrogen) atoms. The van der Waals surface area contributed by atoms with Gasteiger partial charge in [0.2, 0.25) is 18.6 Å². The van der Waals surface area contributed by atoms with Crippen molar-refractivity contribution in [1.82, 2.24) is 10.2 Å². The Bertz CT molecular complexity index is 1560. The van der Waals surface area contributed by atoms with Crippen molar-refractivity contribution in [3.8, 4) is 23.0 Å². The third-order valence-corrected chi connectivity index (χ3v) is 10.6. The second kappa shape index (κ2) is 17.2. The van der Waals surface area contributed by atoms with Crippen LogP contribution in [0.15, 0.2) is 42.0 Å². The maximum absolute atomic E-state index is 14.4. The molecule has 6 atom stereocenters. The van der Waals surface area contributed by atoms with E-state index in [9.17, 15) is 24.6 Å². The van der Waals surface area contributed by atoms with E-state index in [4.69, 9.17) is 23.7 Å². The van der Waals surface area contributed by atoms with Gasteiger partial charge in [-0.1, -0.05) is 33.3 Å². The average molecular weight is 807 g/mol. The van der Waals surface area contributed by atoms with Gasteiger partial charge >= 0.3 is 0 Å². The average Bonchev–Trinajstić information content (AvgIpc) is 3.58. The molecule has 1 aliphatic heterocycles. The van der Waals surface area contributed by atoms with E-state index in [-0.39, 0.29) is 68.6 Å². The molecule has 0 bridgehead atoms. The Morgan fingerprint density at radius 2 is 1.94 bits per heavy atom. The zero-order valence-electron chi connectivity index (χ0n) is 28.9. The number of carbonyl (C=O) groups is 3. The lowest BCUT2D eigenvalue weighted by Gasteiger charge is -2.41. The number of methoxy groups -OCH3 is 1. The largest absolute Gasteiger partial charge is 0.493 e. The molecule has 1 heterocycles. The van der Waals surface area contributed by atoms with Crippen molar-refractivity contribution >= 4 is 40.7 Å². The molecule has 1 saturated carbocycles. The van der Waals surface area contributed by atoms with Crippen LogP contribution in [-0.4, -0.2) is 91.2 Å². The first-order chi connectivity index (χ1) is 24.0. The van der Waals surface area contributed by atoms with Gasteiger partial charge in [-0.05, 0) is 89.1 Å². The van der Waals surface area contributed by atoms with Crippen molar-refractivity contribution in [2.24, 2.45) is 17.8 Å². The molecule has 5 rings (SSSR count). The number of aliphatic hydroxyl groups excluding tert-OH is 2. The van der Waals surface area contributed by atoms with E-state index >= 15 is 0 Å². The van der Waals surface area contributed by atoms with E-state index in [0.29, 0.717) is 44.7 Å². The van der Waals surface area contributed by atoms with Crippen molar-refractivity contribution in [2.45, 2.75) is 77.4 Å². The van der Waals surface area contributed by atoms with Gasteiger partial charge < -0.3 is 44.1 Å². The lowest BCUT2D eigenvalue weighted by Crippen LogP contribution is -2.55. The molecule has 2 aromatic rings. The highest BCUT2D eigenvalue weighted by atomic mass is 127. The van der Waals surface area contributed by atoms with Crippen molar-refractivity contribution in [3.05, 3.63) is 56.7 Å². The third kappa shape index (κ3) is 8.90. The Morgan fingerprint density at radius 3 is 2.66 bits per heavy atom. The monoisotopic (exact) mass is 806 g/mol. The number of ether oxygens (including phenoxy) is 5. The number of hydrogen-bond acceptors (Lipinski definition) is 10. The molecule has 0 unspecified atom stereocenters. The van der Waals surface area contributed by atoms with E-state index in [1.165, 1.54) is 19.3 Å². The summed E-state index contributed by atoms with van der Waals surface area (Å²) in [7, 11) is 1.44. The molecule has 0 radical (unpaired) electrons. The van der Waals surface area contributed by atoms with Gasteiger partial charge in [0, 0.05) is 30.6 Å². The van der Waals surface area contributed by atoms with E-state index in [1.807, 2.05) is 28.7 Å². The molecule has 2 aromatic carbocycles. The van der Waals surface area contributed by atoms with Crippen LogP contribution in [0.3, 0.4) is 0 Å². The van der Waals surface area contributed by atoms with Crippen LogP contribution in [0.25, 0.3) is 0 Å². The van der Waals surface area contributed by atoms with E-state index < -0.39 is 24.2 Å². The molecule has 2 aliphatic carbocycles. The van der Waals surface area contributed by atoms with Gasteiger partial charge in [-0.2, -0.15) is 0 Å². The number of carbonyl (C=O) groups excluding carboxylic acids is 3. The quantitative estimate of drug-likeness (QED) is 0.187. The molecular formula is C37H47IN2O10. The first-order valence-corrected chi connectivity index (χ1v) is 18.2. The summed E-state index contributed by atoms with van der Waals surface area (Å²) in [6.07, 6.45) is 2.81. The fourth-order valence-corrected chi connectivity index (χ4v) is 7.78. The molecule has 3 aliphatic rings. The van der Waals surface area contributed by atoms with Crippen molar-refractivity contribution in [1.29, 1.82) is 0 Å². The standard InChI is InChI=1S/C37H47IN2O10/c1-21(2)26-7-5-22(3)11-30(26)47-19-34(43)40(17-23-6-8-29-31(13-23)49-20-48-29)28-15-25(37(45)39-9-10-41)16-32(35(28)44)50-36-27(38)12-24(18-42)14-33(36)46-4/h6,8,12-14,16,18,21-22,26,28,30,32,35,41,44H,5,7,9-11,15,17,19-20H2,1-4H3,(H,39,45)/t22-,26+,28+,30-,32-,35-/m0/s1. The van der Waals surface area contributed by atoms with Gasteiger partial charge in [0.05, 0.1) is 29.4 Å². The van der Waals surface area contributed by atoms with Crippen LogP contribution in [-0.2, 0) is 20.9 Å². The minimum atomic E-state index is -1.29. The van der Waals surface area contributed by atoms with Crippen LogP contribution in [0.4, 0.5) is 0 Å². The summed E-state index contributed by atoms with van der Waals surface area (Å²) >= 11 is 2.02. The number of rotatable bonds is 14. The number of nitrogens with one attached hydrogen (secondary N) is 1. The Balaban J connectivity index is 1.49. The van der Waals surface area contributed by atoms with Crippen LogP contribution < -0.4 is 24.3 Å². The van der Waals surface area contributed by atoms with E-state index in [1.54, 1.807) is 23.1 Å². The van der Waals surface area contributed by atoms with Crippen LogP contribution in [0.2, 0.25) is 0 Å². The molecule has 272 valence electrons. The normalized spacial score (nSPS) is 24.4. The maximum Gasteiger partial charge on any atom is 0.249 e. The predicted octanol–water partition coefficient (Wildman–Crippen LogP) is 4.26. The van der Waals surface area contributed by atoms with Crippen LogP contribution in [0.5, 0.6) is 23.0 Å².